The summed E-state index contributed by atoms with van der Waals surface area (Å²) in [6, 6.07) is 5.48. The molecule has 0 radical (unpaired) electrons. The van der Waals surface area contributed by atoms with Crippen LogP contribution in [0, 0.1) is 0 Å². The normalized spacial score (nSPS) is 10.5. The summed E-state index contributed by atoms with van der Waals surface area (Å²) in [5.74, 6) is 0.627. The third-order valence-electron chi connectivity index (χ3n) is 1.87. The van der Waals surface area contributed by atoms with Crippen LogP contribution in [-0.2, 0) is 11.2 Å². The zero-order valence-electron chi connectivity index (χ0n) is 6.97. The van der Waals surface area contributed by atoms with Gasteiger partial charge >= 0.3 is 0 Å². The van der Waals surface area contributed by atoms with E-state index in [0.717, 1.165) is 17.6 Å². The average molecular weight is 175 g/mol. The van der Waals surface area contributed by atoms with E-state index in [4.69, 9.17) is 5.73 Å². The number of imidazole rings is 1. The number of aldehydes is 1. The quantitative estimate of drug-likeness (QED) is 0.682. The molecule has 2 rings (SSSR count). The number of fused-ring (bicyclic) bond motifs is 1. The molecular weight excluding hydrogens is 166 g/mol. The largest absolute Gasteiger partial charge is 0.385 e. The van der Waals surface area contributed by atoms with Gasteiger partial charge in [-0.1, -0.05) is 6.07 Å². The van der Waals surface area contributed by atoms with Gasteiger partial charge in [-0.15, -0.1) is 0 Å². The maximum atomic E-state index is 10.3. The number of carbonyl (C=O) groups excluding carboxylic acids is 1. The van der Waals surface area contributed by atoms with E-state index in [-0.39, 0.29) is 0 Å². The standard InChI is InChI=1S/C9H9N3O/c10-8-2-1-3-9-11-7(4-5-13)6-12(8)9/h1-3,5-6H,4,10H2. The van der Waals surface area contributed by atoms with Gasteiger partial charge in [0.1, 0.15) is 17.8 Å². The predicted molar refractivity (Wildman–Crippen MR) is 49.4 cm³/mol. The first-order chi connectivity index (χ1) is 6.31. The Morgan fingerprint density at radius 1 is 1.54 bits per heavy atom. The summed E-state index contributed by atoms with van der Waals surface area (Å²) in [6.45, 7) is 0. The number of nitrogens with zero attached hydrogens (tertiary/aromatic N) is 2. The van der Waals surface area contributed by atoms with Crippen molar-refractivity contribution in [2.75, 3.05) is 5.73 Å². The molecule has 0 fully saturated rings. The van der Waals surface area contributed by atoms with Gasteiger partial charge in [0.15, 0.2) is 0 Å². The fraction of sp³-hybridized carbons (Fsp3) is 0.111. The van der Waals surface area contributed by atoms with Gasteiger partial charge in [0, 0.05) is 12.6 Å². The molecule has 0 atom stereocenters. The van der Waals surface area contributed by atoms with Gasteiger partial charge in [0.2, 0.25) is 0 Å². The molecule has 2 heterocycles. The molecule has 0 bridgehead atoms. The highest BCUT2D eigenvalue weighted by Gasteiger charge is 2.01. The molecule has 13 heavy (non-hydrogen) atoms. The number of rotatable bonds is 2. The lowest BCUT2D eigenvalue weighted by atomic mass is 10.4. The molecule has 0 aromatic carbocycles. The lowest BCUT2D eigenvalue weighted by Gasteiger charge is -1.95. The van der Waals surface area contributed by atoms with E-state index >= 15 is 0 Å². The lowest BCUT2D eigenvalue weighted by molar-refractivity contribution is -0.107. The number of nitrogen functional groups attached to an aromatic ring is 1. The summed E-state index contributed by atoms with van der Waals surface area (Å²) in [6.07, 6.45) is 2.94. The van der Waals surface area contributed by atoms with Gasteiger partial charge < -0.3 is 10.5 Å². The molecule has 0 saturated heterocycles. The van der Waals surface area contributed by atoms with Crippen LogP contribution in [0.5, 0.6) is 0 Å². The first-order valence-electron chi connectivity index (χ1n) is 3.97. The average Bonchev–Trinajstić information content (AvgIpc) is 2.49. The molecule has 0 aliphatic rings. The van der Waals surface area contributed by atoms with Crippen LogP contribution in [0.1, 0.15) is 5.69 Å². The van der Waals surface area contributed by atoms with Crippen LogP contribution in [-0.4, -0.2) is 15.7 Å². The van der Waals surface area contributed by atoms with E-state index < -0.39 is 0 Å². The monoisotopic (exact) mass is 175 g/mol. The second-order valence-corrected chi connectivity index (χ2v) is 2.78. The molecule has 4 nitrogen and oxygen atoms in total. The van der Waals surface area contributed by atoms with E-state index in [0.29, 0.717) is 12.2 Å². The summed E-state index contributed by atoms with van der Waals surface area (Å²) in [7, 11) is 0. The van der Waals surface area contributed by atoms with Crippen LogP contribution in [0.3, 0.4) is 0 Å². The molecule has 0 unspecified atom stereocenters. The van der Waals surface area contributed by atoms with Gasteiger partial charge in [0.05, 0.1) is 5.69 Å². The van der Waals surface area contributed by atoms with E-state index in [1.54, 1.807) is 16.7 Å². The Labute approximate surface area is 75.0 Å². The van der Waals surface area contributed by atoms with Crippen molar-refractivity contribution in [2.45, 2.75) is 6.42 Å². The SMILES string of the molecule is Nc1cccc2nc(CC=O)cn12. The first kappa shape index (κ1) is 7.79. The van der Waals surface area contributed by atoms with Crippen LogP contribution in [0.2, 0.25) is 0 Å². The number of pyridine rings is 1. The second-order valence-electron chi connectivity index (χ2n) is 2.78. The molecule has 2 aromatic rings. The minimum Gasteiger partial charge on any atom is -0.385 e. The van der Waals surface area contributed by atoms with Crippen molar-refractivity contribution in [1.82, 2.24) is 9.38 Å². The van der Waals surface area contributed by atoms with Crippen molar-refractivity contribution < 1.29 is 4.79 Å². The summed E-state index contributed by atoms with van der Waals surface area (Å²) < 4.78 is 1.76. The Hall–Kier alpha value is -1.84. The van der Waals surface area contributed by atoms with Crippen LogP contribution < -0.4 is 5.73 Å². The Kier molecular flexibility index (Phi) is 1.73. The molecule has 4 heteroatoms. The smallest absolute Gasteiger partial charge is 0.138 e. The van der Waals surface area contributed by atoms with E-state index in [9.17, 15) is 4.79 Å². The molecule has 0 spiro atoms. The Morgan fingerprint density at radius 3 is 3.08 bits per heavy atom. The number of hydrogen-bond donors (Lipinski definition) is 1. The third kappa shape index (κ3) is 1.26. The van der Waals surface area contributed by atoms with Crippen molar-refractivity contribution in [2.24, 2.45) is 0 Å². The van der Waals surface area contributed by atoms with Crippen LogP contribution in [0.15, 0.2) is 24.4 Å². The Bertz CT molecular complexity index is 447. The van der Waals surface area contributed by atoms with Gasteiger partial charge in [-0.3, -0.25) is 4.40 Å². The Balaban J connectivity index is 2.61. The number of aromatic nitrogens is 2. The number of hydrogen-bond acceptors (Lipinski definition) is 3. The maximum absolute atomic E-state index is 10.3. The van der Waals surface area contributed by atoms with Crippen molar-refractivity contribution in [1.29, 1.82) is 0 Å². The number of nitrogens with two attached hydrogens (primary N) is 1. The maximum Gasteiger partial charge on any atom is 0.138 e. The van der Waals surface area contributed by atoms with Crippen LogP contribution in [0.4, 0.5) is 5.82 Å². The molecule has 66 valence electrons. The first-order valence-corrected chi connectivity index (χ1v) is 3.97. The van der Waals surface area contributed by atoms with Gasteiger partial charge in [-0.2, -0.15) is 0 Å². The van der Waals surface area contributed by atoms with Gasteiger partial charge in [-0.05, 0) is 12.1 Å². The van der Waals surface area contributed by atoms with Crippen molar-refractivity contribution in [3.8, 4) is 0 Å². The zero-order valence-corrected chi connectivity index (χ0v) is 6.97. The van der Waals surface area contributed by atoms with E-state index in [2.05, 4.69) is 4.98 Å². The van der Waals surface area contributed by atoms with Gasteiger partial charge in [-0.25, -0.2) is 4.98 Å². The summed E-state index contributed by atoms with van der Waals surface area (Å²) in [5.41, 5.74) is 7.22. The molecule has 0 amide bonds. The third-order valence-corrected chi connectivity index (χ3v) is 1.87. The highest BCUT2D eigenvalue weighted by molar-refractivity contribution is 5.56. The lowest BCUT2D eigenvalue weighted by Crippen LogP contribution is -1.93. The Morgan fingerprint density at radius 2 is 2.38 bits per heavy atom. The minimum atomic E-state index is 0.334. The number of carbonyl (C=O) groups is 1. The summed E-state index contributed by atoms with van der Waals surface area (Å²) in [5, 5.41) is 0. The van der Waals surface area contributed by atoms with Crippen molar-refractivity contribution >= 4 is 17.8 Å². The fourth-order valence-corrected chi connectivity index (χ4v) is 1.27. The molecular formula is C9H9N3O. The predicted octanol–water partition coefficient (Wildman–Crippen LogP) is 0.658. The molecule has 2 aromatic heterocycles. The summed E-state index contributed by atoms with van der Waals surface area (Å²) in [4.78, 5) is 14.5. The number of anilines is 1. The molecule has 0 aliphatic carbocycles. The molecule has 2 N–H and O–H groups in total. The summed E-state index contributed by atoms with van der Waals surface area (Å²) >= 11 is 0. The van der Waals surface area contributed by atoms with Gasteiger partial charge in [0.25, 0.3) is 0 Å². The molecule has 0 saturated carbocycles. The topological polar surface area (TPSA) is 60.4 Å². The second kappa shape index (κ2) is 2.90. The highest BCUT2D eigenvalue weighted by atomic mass is 16.1. The zero-order chi connectivity index (χ0) is 9.26. The van der Waals surface area contributed by atoms with Crippen molar-refractivity contribution in [3.63, 3.8) is 0 Å². The minimum absolute atomic E-state index is 0.334. The van der Waals surface area contributed by atoms with Crippen LogP contribution >= 0.6 is 0 Å². The van der Waals surface area contributed by atoms with E-state index in [1.165, 1.54) is 0 Å². The van der Waals surface area contributed by atoms with Crippen molar-refractivity contribution in [3.05, 3.63) is 30.1 Å². The van der Waals surface area contributed by atoms with E-state index in [1.807, 2.05) is 12.1 Å². The van der Waals surface area contributed by atoms with Crippen LogP contribution in [0.25, 0.3) is 5.65 Å². The fourth-order valence-electron chi connectivity index (χ4n) is 1.27. The highest BCUT2D eigenvalue weighted by Crippen LogP contribution is 2.09. The molecule has 0 aliphatic heterocycles.